The third kappa shape index (κ3) is 9.62. The van der Waals surface area contributed by atoms with Crippen LogP contribution in [0.25, 0.3) is 0 Å². The zero-order valence-corrected chi connectivity index (χ0v) is 20.1. The van der Waals surface area contributed by atoms with E-state index in [1.165, 1.54) is 0 Å². The molecular weight excluding hydrogens is 483 g/mol. The van der Waals surface area contributed by atoms with Crippen molar-refractivity contribution in [3.63, 3.8) is 0 Å². The van der Waals surface area contributed by atoms with Gasteiger partial charge >= 0.3 is 0 Å². The molecule has 0 bridgehead atoms. The molecule has 2 N–H and O–H groups in total. The maximum absolute atomic E-state index is 11.9. The van der Waals surface area contributed by atoms with E-state index in [9.17, 15) is 4.79 Å². The van der Waals surface area contributed by atoms with E-state index in [1.54, 1.807) is 19.0 Å². The van der Waals surface area contributed by atoms with E-state index < -0.39 is 0 Å². The van der Waals surface area contributed by atoms with Gasteiger partial charge in [-0.25, -0.2) is 9.98 Å². The Kier molecular flexibility index (Phi) is 12.6. The van der Waals surface area contributed by atoms with Crippen LogP contribution in [0.1, 0.15) is 26.2 Å². The number of aromatic nitrogens is 1. The number of piperidine rings is 1. The number of anilines is 1. The van der Waals surface area contributed by atoms with Gasteiger partial charge in [0, 0.05) is 59.2 Å². The third-order valence-corrected chi connectivity index (χ3v) is 4.64. The first-order chi connectivity index (χ1) is 13.6. The highest BCUT2D eigenvalue weighted by molar-refractivity contribution is 14.0. The van der Waals surface area contributed by atoms with Crippen molar-refractivity contribution in [1.82, 2.24) is 20.5 Å². The highest BCUT2D eigenvalue weighted by Crippen LogP contribution is 2.17. The first-order valence-electron chi connectivity index (χ1n) is 10.1. The minimum atomic E-state index is -0.0135. The monoisotopic (exact) mass is 518 g/mol. The van der Waals surface area contributed by atoms with Crippen molar-refractivity contribution in [3.05, 3.63) is 24.4 Å². The SMILES string of the molecule is CCOCCCNC(=NCC(=O)N(C)C)NC1CCN(c2ccccn2)CC1.I. The maximum atomic E-state index is 11.9. The largest absolute Gasteiger partial charge is 0.382 e. The van der Waals surface area contributed by atoms with E-state index in [-0.39, 0.29) is 36.4 Å². The number of aliphatic imine (C=N–C) groups is 1. The fourth-order valence-corrected chi connectivity index (χ4v) is 2.95. The standard InChI is InChI=1S/C20H34N6O2.HI/c1-4-28-15-7-12-22-20(23-16-19(27)25(2)3)24-17-9-13-26(14-10-17)18-8-5-6-11-21-18;/h5-6,8,11,17H,4,7,9-10,12-16H2,1-3H3,(H2,22,23,24);1H. The second-order valence-electron chi connectivity index (χ2n) is 7.02. The summed E-state index contributed by atoms with van der Waals surface area (Å²) in [5.41, 5.74) is 0. The van der Waals surface area contributed by atoms with E-state index >= 15 is 0 Å². The first kappa shape index (κ1) is 25.4. The number of hydrogen-bond acceptors (Lipinski definition) is 5. The van der Waals surface area contributed by atoms with Crippen LogP contribution in [0, 0.1) is 0 Å². The number of carbonyl (C=O) groups is 1. The number of guanidine groups is 1. The number of carbonyl (C=O) groups excluding carboxylic acids is 1. The van der Waals surface area contributed by atoms with E-state index in [0.717, 1.165) is 57.9 Å². The minimum absolute atomic E-state index is 0. The Morgan fingerprint density at radius 1 is 1.34 bits per heavy atom. The van der Waals surface area contributed by atoms with Crippen LogP contribution in [0.5, 0.6) is 0 Å². The molecule has 2 heterocycles. The van der Waals surface area contributed by atoms with Crippen molar-refractivity contribution >= 4 is 41.7 Å². The summed E-state index contributed by atoms with van der Waals surface area (Å²) in [5.74, 6) is 1.71. The highest BCUT2D eigenvalue weighted by Gasteiger charge is 2.21. The molecule has 1 aromatic heterocycles. The first-order valence-corrected chi connectivity index (χ1v) is 10.1. The summed E-state index contributed by atoms with van der Waals surface area (Å²) in [6.07, 6.45) is 4.72. The summed E-state index contributed by atoms with van der Waals surface area (Å²) in [6.45, 7) is 6.23. The summed E-state index contributed by atoms with van der Waals surface area (Å²) in [5, 5.41) is 6.82. The highest BCUT2D eigenvalue weighted by atomic mass is 127. The molecule has 1 aliphatic rings. The molecule has 9 heteroatoms. The van der Waals surface area contributed by atoms with Crippen LogP contribution in [0.15, 0.2) is 29.4 Å². The number of amides is 1. The van der Waals surface area contributed by atoms with Crippen LogP contribution in [-0.2, 0) is 9.53 Å². The molecule has 0 saturated carbocycles. The van der Waals surface area contributed by atoms with Gasteiger partial charge in [-0.15, -0.1) is 24.0 Å². The molecule has 29 heavy (non-hydrogen) atoms. The number of halogens is 1. The van der Waals surface area contributed by atoms with Crippen molar-refractivity contribution in [3.8, 4) is 0 Å². The number of nitrogens with one attached hydrogen (secondary N) is 2. The van der Waals surface area contributed by atoms with Crippen LogP contribution in [-0.4, -0.2) is 81.3 Å². The van der Waals surface area contributed by atoms with Gasteiger partial charge in [0.1, 0.15) is 12.4 Å². The fraction of sp³-hybridized carbons (Fsp3) is 0.650. The molecule has 0 unspecified atom stereocenters. The van der Waals surface area contributed by atoms with Gasteiger partial charge in [-0.2, -0.15) is 0 Å². The van der Waals surface area contributed by atoms with Gasteiger partial charge in [0.15, 0.2) is 5.96 Å². The molecular formula is C20H35IN6O2. The van der Waals surface area contributed by atoms with Gasteiger partial charge in [0.25, 0.3) is 0 Å². The number of rotatable bonds is 9. The summed E-state index contributed by atoms with van der Waals surface area (Å²) in [7, 11) is 3.49. The Hall–Kier alpha value is -1.62. The number of nitrogens with zero attached hydrogens (tertiary/aromatic N) is 4. The average molecular weight is 518 g/mol. The molecule has 1 aliphatic heterocycles. The number of hydrogen-bond donors (Lipinski definition) is 2. The van der Waals surface area contributed by atoms with Crippen LogP contribution in [0.4, 0.5) is 5.82 Å². The zero-order valence-electron chi connectivity index (χ0n) is 17.8. The Bertz CT molecular complexity index is 606. The van der Waals surface area contributed by atoms with Gasteiger partial charge in [-0.05, 0) is 38.3 Å². The van der Waals surface area contributed by atoms with Crippen LogP contribution in [0.2, 0.25) is 0 Å². The van der Waals surface area contributed by atoms with E-state index in [4.69, 9.17) is 4.74 Å². The lowest BCUT2D eigenvalue weighted by atomic mass is 10.1. The fourth-order valence-electron chi connectivity index (χ4n) is 2.95. The van der Waals surface area contributed by atoms with Gasteiger partial charge in [0.05, 0.1) is 0 Å². The van der Waals surface area contributed by atoms with Crippen molar-refractivity contribution in [2.75, 3.05) is 58.4 Å². The summed E-state index contributed by atoms with van der Waals surface area (Å²) in [4.78, 5) is 24.7. The number of pyridine rings is 1. The van der Waals surface area contributed by atoms with Gasteiger partial charge in [-0.1, -0.05) is 6.07 Å². The van der Waals surface area contributed by atoms with Crippen molar-refractivity contribution < 1.29 is 9.53 Å². The minimum Gasteiger partial charge on any atom is -0.382 e. The molecule has 1 saturated heterocycles. The Labute approximate surface area is 191 Å². The molecule has 2 rings (SSSR count). The number of likely N-dealkylation sites (N-methyl/N-ethyl adjacent to an activating group) is 1. The van der Waals surface area contributed by atoms with Crippen molar-refractivity contribution in [1.29, 1.82) is 0 Å². The predicted molar refractivity (Wildman–Crippen MR) is 128 cm³/mol. The lowest BCUT2D eigenvalue weighted by molar-refractivity contribution is -0.127. The van der Waals surface area contributed by atoms with E-state index in [1.807, 2.05) is 31.3 Å². The predicted octanol–water partition coefficient (Wildman–Crippen LogP) is 1.72. The Morgan fingerprint density at radius 2 is 2.10 bits per heavy atom. The average Bonchev–Trinajstić information content (AvgIpc) is 2.72. The molecule has 0 spiro atoms. The van der Waals surface area contributed by atoms with Crippen molar-refractivity contribution in [2.45, 2.75) is 32.2 Å². The second kappa shape index (κ2) is 14.4. The summed E-state index contributed by atoms with van der Waals surface area (Å²) < 4.78 is 5.38. The molecule has 0 aromatic carbocycles. The molecule has 0 radical (unpaired) electrons. The lowest BCUT2D eigenvalue weighted by Crippen LogP contribution is -2.49. The molecule has 1 fully saturated rings. The lowest BCUT2D eigenvalue weighted by Gasteiger charge is -2.33. The number of ether oxygens (including phenoxy) is 1. The Morgan fingerprint density at radius 3 is 2.72 bits per heavy atom. The molecule has 1 aromatic rings. The smallest absolute Gasteiger partial charge is 0.243 e. The third-order valence-electron chi connectivity index (χ3n) is 4.64. The molecule has 8 nitrogen and oxygen atoms in total. The summed E-state index contributed by atoms with van der Waals surface area (Å²) in [6, 6.07) is 6.33. The molecule has 1 amide bonds. The van der Waals surface area contributed by atoms with Gasteiger partial charge < -0.3 is 25.2 Å². The summed E-state index contributed by atoms with van der Waals surface area (Å²) >= 11 is 0. The normalized spacial score (nSPS) is 14.9. The Balaban J connectivity index is 0.00000420. The molecule has 0 atom stereocenters. The van der Waals surface area contributed by atoms with Crippen LogP contribution in [0.3, 0.4) is 0 Å². The second-order valence-corrected chi connectivity index (χ2v) is 7.02. The molecule has 0 aliphatic carbocycles. The maximum Gasteiger partial charge on any atom is 0.243 e. The molecule has 164 valence electrons. The van der Waals surface area contributed by atoms with E-state index in [2.05, 4.69) is 25.5 Å². The topological polar surface area (TPSA) is 82.1 Å². The van der Waals surface area contributed by atoms with Gasteiger partial charge in [-0.3, -0.25) is 4.79 Å². The quantitative estimate of drug-likeness (QED) is 0.224. The van der Waals surface area contributed by atoms with Crippen molar-refractivity contribution in [2.24, 2.45) is 4.99 Å². The van der Waals surface area contributed by atoms with Gasteiger partial charge in [0.2, 0.25) is 5.91 Å². The van der Waals surface area contributed by atoms with E-state index in [0.29, 0.717) is 12.0 Å². The zero-order chi connectivity index (χ0) is 20.2. The van der Waals surface area contributed by atoms with Crippen LogP contribution >= 0.6 is 24.0 Å². The van der Waals surface area contributed by atoms with Crippen LogP contribution < -0.4 is 15.5 Å².